The number of alkyl halides is 1. The van der Waals surface area contributed by atoms with E-state index < -0.39 is 46.7 Å². The molecule has 0 aromatic heterocycles. The van der Waals surface area contributed by atoms with Crippen LogP contribution in [0.5, 0.6) is 0 Å². The van der Waals surface area contributed by atoms with Crippen LogP contribution >= 0.6 is 15.9 Å². The summed E-state index contributed by atoms with van der Waals surface area (Å²) in [6.45, 7) is 4.89. The van der Waals surface area contributed by atoms with E-state index in [1.54, 1.807) is 20.8 Å². The van der Waals surface area contributed by atoms with Gasteiger partial charge in [0.15, 0.2) is 17.4 Å². The predicted molar refractivity (Wildman–Crippen MR) is 89.2 cm³/mol. The first-order chi connectivity index (χ1) is 11.5. The van der Waals surface area contributed by atoms with Crippen LogP contribution in [0.15, 0.2) is 12.1 Å². The molecule has 1 aliphatic heterocycles. The van der Waals surface area contributed by atoms with Crippen molar-refractivity contribution >= 4 is 27.8 Å². The van der Waals surface area contributed by atoms with E-state index >= 15 is 0 Å². The standard InChI is InChI=1S/C17H19BrF3NO3/c1-17(2,3)25-16(24)22-8-9(6-12(22)13(23)7-18)14-10(19)4-5-11(20)15(14)21/h4-5,9,12H,6-8H2,1-3H3/t9-,12?/m0/s1. The molecule has 1 saturated heterocycles. The van der Waals surface area contributed by atoms with Crippen molar-refractivity contribution in [2.45, 2.75) is 44.8 Å². The smallest absolute Gasteiger partial charge is 0.410 e. The van der Waals surface area contributed by atoms with Crippen LogP contribution < -0.4 is 0 Å². The third-order valence-electron chi connectivity index (χ3n) is 3.92. The van der Waals surface area contributed by atoms with Crippen LogP contribution in [0, 0.1) is 17.5 Å². The van der Waals surface area contributed by atoms with Crippen molar-refractivity contribution < 1.29 is 27.5 Å². The van der Waals surface area contributed by atoms with Crippen LogP contribution in [0.4, 0.5) is 18.0 Å². The zero-order chi connectivity index (χ0) is 18.9. The number of hydrogen-bond acceptors (Lipinski definition) is 3. The molecular formula is C17H19BrF3NO3. The average Bonchev–Trinajstić information content (AvgIpc) is 2.94. The van der Waals surface area contributed by atoms with Gasteiger partial charge in [-0.1, -0.05) is 15.9 Å². The molecule has 138 valence electrons. The Kier molecular flexibility index (Phi) is 5.81. The lowest BCUT2D eigenvalue weighted by molar-refractivity contribution is -0.120. The van der Waals surface area contributed by atoms with Crippen molar-refractivity contribution in [3.63, 3.8) is 0 Å². The number of Topliss-reactive ketones (excluding diaryl/α,β-unsaturated/α-hetero) is 1. The fourth-order valence-electron chi connectivity index (χ4n) is 2.88. The Bertz CT molecular complexity index is 690. The molecule has 1 aliphatic rings. The fourth-order valence-corrected chi connectivity index (χ4v) is 3.25. The minimum atomic E-state index is -1.29. The number of hydrogen-bond donors (Lipinski definition) is 0. The first-order valence-electron chi connectivity index (χ1n) is 7.77. The van der Waals surface area contributed by atoms with E-state index in [9.17, 15) is 22.8 Å². The number of rotatable bonds is 3. The number of nitrogens with zero attached hydrogens (tertiary/aromatic N) is 1. The van der Waals surface area contributed by atoms with Gasteiger partial charge in [0.1, 0.15) is 11.4 Å². The summed E-state index contributed by atoms with van der Waals surface area (Å²) in [4.78, 5) is 25.7. The van der Waals surface area contributed by atoms with Crippen molar-refractivity contribution in [1.82, 2.24) is 4.90 Å². The van der Waals surface area contributed by atoms with E-state index in [-0.39, 0.29) is 24.1 Å². The summed E-state index contributed by atoms with van der Waals surface area (Å²) in [5, 5.41) is -0.0161. The number of likely N-dealkylation sites (tertiary alicyclic amines) is 1. The maximum atomic E-state index is 14.1. The quantitative estimate of drug-likeness (QED) is 0.543. The molecule has 0 aliphatic carbocycles. The number of ketones is 1. The molecule has 8 heteroatoms. The van der Waals surface area contributed by atoms with E-state index in [2.05, 4.69) is 15.9 Å². The molecule has 2 atom stereocenters. The SMILES string of the molecule is CC(C)(C)OC(=O)N1C[C@@H](c2c(F)ccc(F)c2F)CC1C(=O)CBr. The average molecular weight is 422 g/mol. The van der Waals surface area contributed by atoms with Gasteiger partial charge in [0, 0.05) is 18.0 Å². The summed E-state index contributed by atoms with van der Waals surface area (Å²) in [6.07, 6.45) is -0.743. The van der Waals surface area contributed by atoms with Gasteiger partial charge in [-0.15, -0.1) is 0 Å². The molecule has 0 bridgehead atoms. The largest absolute Gasteiger partial charge is 0.444 e. The number of benzene rings is 1. The molecular weight excluding hydrogens is 403 g/mol. The molecule has 1 amide bonds. The van der Waals surface area contributed by atoms with Crippen LogP contribution in [0.2, 0.25) is 0 Å². The van der Waals surface area contributed by atoms with Gasteiger partial charge >= 0.3 is 6.09 Å². The highest BCUT2D eigenvalue weighted by molar-refractivity contribution is 9.09. The molecule has 1 unspecified atom stereocenters. The molecule has 25 heavy (non-hydrogen) atoms. The van der Waals surface area contributed by atoms with Crippen LogP contribution in [0.3, 0.4) is 0 Å². The van der Waals surface area contributed by atoms with Gasteiger partial charge < -0.3 is 4.74 Å². The third-order valence-corrected chi connectivity index (χ3v) is 4.47. The monoisotopic (exact) mass is 421 g/mol. The molecule has 0 saturated carbocycles. The minimum Gasteiger partial charge on any atom is -0.444 e. The zero-order valence-electron chi connectivity index (χ0n) is 14.1. The van der Waals surface area contributed by atoms with Gasteiger partial charge in [-0.25, -0.2) is 18.0 Å². The second-order valence-corrected chi connectivity index (χ2v) is 7.50. The number of ether oxygens (including phenoxy) is 1. The zero-order valence-corrected chi connectivity index (χ0v) is 15.7. The Morgan fingerprint density at radius 1 is 1.24 bits per heavy atom. The summed E-state index contributed by atoms with van der Waals surface area (Å²) in [5.74, 6) is -4.52. The van der Waals surface area contributed by atoms with E-state index in [0.29, 0.717) is 6.07 Å². The summed E-state index contributed by atoms with van der Waals surface area (Å²) < 4.78 is 46.9. The van der Waals surface area contributed by atoms with Gasteiger partial charge in [0.25, 0.3) is 0 Å². The lowest BCUT2D eigenvalue weighted by Crippen LogP contribution is -2.43. The number of carbonyl (C=O) groups excluding carboxylic acids is 2. The molecule has 1 aromatic rings. The Morgan fingerprint density at radius 3 is 2.40 bits per heavy atom. The number of halogens is 4. The Hall–Kier alpha value is -1.57. The van der Waals surface area contributed by atoms with Crippen molar-refractivity contribution in [2.75, 3.05) is 11.9 Å². The second kappa shape index (κ2) is 7.35. The highest BCUT2D eigenvalue weighted by Gasteiger charge is 2.43. The molecule has 1 fully saturated rings. The first kappa shape index (κ1) is 19.8. The third kappa shape index (κ3) is 4.34. The van der Waals surface area contributed by atoms with Crippen LogP contribution in [-0.2, 0) is 9.53 Å². The maximum absolute atomic E-state index is 14.1. The normalized spacial score (nSPS) is 20.7. The van der Waals surface area contributed by atoms with Gasteiger partial charge in [0.2, 0.25) is 0 Å². The van der Waals surface area contributed by atoms with E-state index in [1.165, 1.54) is 0 Å². The highest BCUT2D eigenvalue weighted by atomic mass is 79.9. The van der Waals surface area contributed by atoms with E-state index in [4.69, 9.17) is 4.74 Å². The molecule has 4 nitrogen and oxygen atoms in total. The Morgan fingerprint density at radius 2 is 1.84 bits per heavy atom. The van der Waals surface area contributed by atoms with Crippen LogP contribution in [0.1, 0.15) is 38.7 Å². The lowest BCUT2D eigenvalue weighted by atomic mass is 9.94. The summed E-state index contributed by atoms with van der Waals surface area (Å²) in [6, 6.07) is 0.655. The van der Waals surface area contributed by atoms with Crippen molar-refractivity contribution in [3.05, 3.63) is 35.1 Å². The first-order valence-corrected chi connectivity index (χ1v) is 8.89. The molecule has 1 aromatic carbocycles. The second-order valence-electron chi connectivity index (χ2n) is 6.94. The van der Waals surface area contributed by atoms with Crippen molar-refractivity contribution in [2.24, 2.45) is 0 Å². The van der Waals surface area contributed by atoms with Gasteiger partial charge in [-0.05, 0) is 39.3 Å². The summed E-state index contributed by atoms with van der Waals surface area (Å²) in [5.41, 5.74) is -1.23. The summed E-state index contributed by atoms with van der Waals surface area (Å²) >= 11 is 3.04. The Balaban J connectivity index is 2.35. The number of carbonyl (C=O) groups is 2. The van der Waals surface area contributed by atoms with Gasteiger partial charge in [-0.3, -0.25) is 9.69 Å². The predicted octanol–water partition coefficient (Wildman–Crippen LogP) is 4.16. The fraction of sp³-hybridized carbons (Fsp3) is 0.529. The van der Waals surface area contributed by atoms with E-state index in [1.807, 2.05) is 0 Å². The van der Waals surface area contributed by atoms with Crippen molar-refractivity contribution in [1.29, 1.82) is 0 Å². The molecule has 2 rings (SSSR count). The maximum Gasteiger partial charge on any atom is 0.410 e. The van der Waals surface area contributed by atoms with Crippen molar-refractivity contribution in [3.8, 4) is 0 Å². The molecule has 0 N–H and O–H groups in total. The van der Waals surface area contributed by atoms with Crippen LogP contribution in [0.25, 0.3) is 0 Å². The lowest BCUT2D eigenvalue weighted by Gasteiger charge is -2.27. The number of amides is 1. The van der Waals surface area contributed by atoms with Gasteiger partial charge in [0.05, 0.1) is 11.4 Å². The summed E-state index contributed by atoms with van der Waals surface area (Å²) in [7, 11) is 0. The van der Waals surface area contributed by atoms with Gasteiger partial charge in [-0.2, -0.15) is 0 Å². The van der Waals surface area contributed by atoms with E-state index in [0.717, 1.165) is 11.0 Å². The topological polar surface area (TPSA) is 46.6 Å². The minimum absolute atomic E-state index is 0.000962. The Labute approximate surface area is 152 Å². The highest BCUT2D eigenvalue weighted by Crippen LogP contribution is 2.36. The molecule has 0 radical (unpaired) electrons. The molecule has 1 heterocycles. The van der Waals surface area contributed by atoms with Crippen LogP contribution in [-0.4, -0.2) is 40.3 Å². The molecule has 0 spiro atoms.